The number of hydrogen-bond acceptors (Lipinski definition) is 1. The monoisotopic (exact) mass is 254 g/mol. The summed E-state index contributed by atoms with van der Waals surface area (Å²) >= 11 is 6.13. The summed E-state index contributed by atoms with van der Waals surface area (Å²) in [6, 6.07) is 10.9. The Hall–Kier alpha value is -0.313. The van der Waals surface area contributed by atoms with Crippen LogP contribution in [0, 0.1) is 0 Å². The first kappa shape index (κ1) is 12.2. The first-order valence-corrected chi connectivity index (χ1v) is 8.69. The van der Waals surface area contributed by atoms with E-state index < -0.39 is 9.04 Å². The second-order valence-electron chi connectivity index (χ2n) is 4.47. The average Bonchev–Trinajstić information content (AvgIpc) is 2.33. The molecule has 88 valence electrons. The fourth-order valence-electron chi connectivity index (χ4n) is 2.26. The molecule has 0 aromatic heterocycles. The van der Waals surface area contributed by atoms with E-state index in [0.29, 0.717) is 0 Å². The summed E-state index contributed by atoms with van der Waals surface area (Å²) in [6.07, 6.45) is 5.00. The van der Waals surface area contributed by atoms with E-state index in [2.05, 4.69) is 12.1 Å². The van der Waals surface area contributed by atoms with Gasteiger partial charge in [-0.25, -0.2) is 0 Å². The Morgan fingerprint density at radius 1 is 1.25 bits per heavy atom. The van der Waals surface area contributed by atoms with Crippen molar-refractivity contribution in [2.24, 2.45) is 0 Å². The first-order valence-electron chi connectivity index (χ1n) is 6.21. The van der Waals surface area contributed by atoms with Crippen LogP contribution in [0.2, 0.25) is 17.1 Å². The summed E-state index contributed by atoms with van der Waals surface area (Å²) in [7, 11) is -0.826. The van der Waals surface area contributed by atoms with Crippen LogP contribution in [0.4, 0.5) is 0 Å². The summed E-state index contributed by atoms with van der Waals surface area (Å²) in [5, 5.41) is 0.911. The SMILES string of the molecule is Clc1ccccc1CCC[SiH]1CCCCO1. The number of hydrogen-bond donors (Lipinski definition) is 0. The Kier molecular flexibility index (Phi) is 4.88. The molecule has 0 radical (unpaired) electrons. The van der Waals surface area contributed by atoms with E-state index in [1.54, 1.807) is 0 Å². The third-order valence-electron chi connectivity index (χ3n) is 3.20. The van der Waals surface area contributed by atoms with Gasteiger partial charge in [0.1, 0.15) is 0 Å². The molecular formula is C13H19ClOSi. The van der Waals surface area contributed by atoms with Gasteiger partial charge in [-0.05, 0) is 43.0 Å². The molecule has 16 heavy (non-hydrogen) atoms. The molecule has 0 N–H and O–H groups in total. The van der Waals surface area contributed by atoms with E-state index in [9.17, 15) is 0 Å². The lowest BCUT2D eigenvalue weighted by molar-refractivity contribution is 0.286. The van der Waals surface area contributed by atoms with Crippen molar-refractivity contribution in [2.45, 2.75) is 37.8 Å². The van der Waals surface area contributed by atoms with E-state index >= 15 is 0 Å². The Morgan fingerprint density at radius 2 is 2.12 bits per heavy atom. The fourth-order valence-corrected chi connectivity index (χ4v) is 5.01. The molecule has 1 unspecified atom stereocenters. The van der Waals surface area contributed by atoms with Crippen LogP contribution >= 0.6 is 11.6 Å². The zero-order valence-electron chi connectivity index (χ0n) is 9.62. The molecule has 0 aliphatic carbocycles. The van der Waals surface area contributed by atoms with Crippen LogP contribution < -0.4 is 0 Å². The normalized spacial score (nSPS) is 20.9. The van der Waals surface area contributed by atoms with Crippen molar-refractivity contribution in [2.75, 3.05) is 6.61 Å². The van der Waals surface area contributed by atoms with Gasteiger partial charge in [-0.3, -0.25) is 0 Å². The predicted molar refractivity (Wildman–Crippen MR) is 71.7 cm³/mol. The second-order valence-corrected chi connectivity index (χ2v) is 7.61. The Labute approximate surface area is 104 Å². The highest BCUT2D eigenvalue weighted by molar-refractivity contribution is 6.51. The minimum absolute atomic E-state index is 0.826. The maximum Gasteiger partial charge on any atom is 0.176 e. The highest BCUT2D eigenvalue weighted by Gasteiger charge is 2.15. The molecule has 2 rings (SSSR count). The number of rotatable bonds is 4. The molecule has 1 atom stereocenters. The van der Waals surface area contributed by atoms with Crippen molar-refractivity contribution in [3.05, 3.63) is 34.9 Å². The van der Waals surface area contributed by atoms with Crippen molar-refractivity contribution >= 4 is 20.6 Å². The van der Waals surface area contributed by atoms with Gasteiger partial charge in [0.25, 0.3) is 0 Å². The van der Waals surface area contributed by atoms with E-state index in [0.717, 1.165) is 18.1 Å². The Morgan fingerprint density at radius 3 is 2.88 bits per heavy atom. The lowest BCUT2D eigenvalue weighted by Gasteiger charge is -2.20. The molecule has 1 nitrogen and oxygen atoms in total. The lowest BCUT2D eigenvalue weighted by atomic mass is 10.1. The number of benzene rings is 1. The van der Waals surface area contributed by atoms with Crippen LogP contribution in [-0.4, -0.2) is 15.6 Å². The maximum absolute atomic E-state index is 6.13. The maximum atomic E-state index is 6.13. The fraction of sp³-hybridized carbons (Fsp3) is 0.538. The van der Waals surface area contributed by atoms with Crippen molar-refractivity contribution in [1.82, 2.24) is 0 Å². The lowest BCUT2D eigenvalue weighted by Crippen LogP contribution is -2.22. The van der Waals surface area contributed by atoms with Gasteiger partial charge < -0.3 is 4.43 Å². The molecule has 0 saturated carbocycles. The van der Waals surface area contributed by atoms with Crippen LogP contribution in [0.3, 0.4) is 0 Å². The standard InChI is InChI=1S/C13H19ClOSi/c14-13-8-2-1-6-12(13)7-5-11-16-10-4-3-9-15-16/h1-2,6,8,16H,3-5,7,9-11H2. The molecule has 3 heteroatoms. The van der Waals surface area contributed by atoms with Crippen LogP contribution in [0.5, 0.6) is 0 Å². The van der Waals surface area contributed by atoms with Gasteiger partial charge in [-0.1, -0.05) is 36.2 Å². The quantitative estimate of drug-likeness (QED) is 0.743. The van der Waals surface area contributed by atoms with Crippen LogP contribution in [0.1, 0.15) is 24.8 Å². The highest BCUT2D eigenvalue weighted by Crippen LogP contribution is 2.20. The molecule has 1 saturated heterocycles. The summed E-state index contributed by atoms with van der Waals surface area (Å²) in [5.74, 6) is 0. The van der Waals surface area contributed by atoms with Crippen LogP contribution in [-0.2, 0) is 10.8 Å². The molecular weight excluding hydrogens is 236 g/mol. The Bertz CT molecular complexity index is 323. The largest absolute Gasteiger partial charge is 0.420 e. The molecule has 1 aromatic rings. The number of halogens is 1. The van der Waals surface area contributed by atoms with E-state index in [4.69, 9.17) is 16.0 Å². The third kappa shape index (κ3) is 3.61. The van der Waals surface area contributed by atoms with Crippen molar-refractivity contribution in [1.29, 1.82) is 0 Å². The zero-order chi connectivity index (χ0) is 11.2. The van der Waals surface area contributed by atoms with Gasteiger partial charge in [-0.2, -0.15) is 0 Å². The van der Waals surface area contributed by atoms with Crippen LogP contribution in [0.25, 0.3) is 0 Å². The topological polar surface area (TPSA) is 9.23 Å². The van der Waals surface area contributed by atoms with Crippen LogP contribution in [0.15, 0.2) is 24.3 Å². The molecule has 0 amide bonds. The van der Waals surface area contributed by atoms with Gasteiger partial charge in [0.2, 0.25) is 0 Å². The highest BCUT2D eigenvalue weighted by atomic mass is 35.5. The van der Waals surface area contributed by atoms with Gasteiger partial charge >= 0.3 is 0 Å². The van der Waals surface area contributed by atoms with Gasteiger partial charge in [0.15, 0.2) is 9.04 Å². The molecule has 1 aliphatic heterocycles. The molecule has 1 heterocycles. The minimum Gasteiger partial charge on any atom is -0.420 e. The second kappa shape index (κ2) is 6.43. The molecule has 0 bridgehead atoms. The third-order valence-corrected chi connectivity index (χ3v) is 6.38. The van der Waals surface area contributed by atoms with Gasteiger partial charge in [0.05, 0.1) is 0 Å². The van der Waals surface area contributed by atoms with Gasteiger partial charge in [0, 0.05) is 11.6 Å². The molecule has 1 aromatic carbocycles. The van der Waals surface area contributed by atoms with Crippen molar-refractivity contribution in [3.8, 4) is 0 Å². The van der Waals surface area contributed by atoms with Gasteiger partial charge in [-0.15, -0.1) is 0 Å². The molecule has 1 fully saturated rings. The van der Waals surface area contributed by atoms with E-state index in [1.165, 1.54) is 36.9 Å². The molecule has 1 aliphatic rings. The zero-order valence-corrected chi connectivity index (χ0v) is 11.5. The average molecular weight is 255 g/mol. The van der Waals surface area contributed by atoms with Crippen molar-refractivity contribution < 1.29 is 4.43 Å². The summed E-state index contributed by atoms with van der Waals surface area (Å²) in [6.45, 7) is 1.02. The van der Waals surface area contributed by atoms with E-state index in [1.807, 2.05) is 12.1 Å². The summed E-state index contributed by atoms with van der Waals surface area (Å²) in [4.78, 5) is 0. The summed E-state index contributed by atoms with van der Waals surface area (Å²) in [5.41, 5.74) is 1.29. The number of aryl methyl sites for hydroxylation is 1. The predicted octanol–water partition coefficient (Wildman–Crippen LogP) is 3.81. The minimum atomic E-state index is -0.826. The smallest absolute Gasteiger partial charge is 0.176 e. The molecule has 0 spiro atoms. The summed E-state index contributed by atoms with van der Waals surface area (Å²) < 4.78 is 5.85. The first-order chi connectivity index (χ1) is 7.86. The Balaban J connectivity index is 1.73. The van der Waals surface area contributed by atoms with Crippen molar-refractivity contribution in [3.63, 3.8) is 0 Å². The van der Waals surface area contributed by atoms with E-state index in [-0.39, 0.29) is 0 Å².